The highest BCUT2D eigenvalue weighted by Crippen LogP contribution is 2.22. The van der Waals surface area contributed by atoms with E-state index in [0.29, 0.717) is 15.9 Å². The third kappa shape index (κ3) is 1.34. The molecule has 16 heavy (non-hydrogen) atoms. The minimum Gasteiger partial charge on any atom is -0.298 e. The normalized spacial score (nSPS) is 10.8. The Morgan fingerprint density at radius 2 is 2.00 bits per heavy atom. The first-order valence-corrected chi connectivity index (χ1v) is 5.44. The van der Waals surface area contributed by atoms with Crippen LogP contribution in [0.25, 0.3) is 16.3 Å². The first-order valence-electron chi connectivity index (χ1n) is 4.63. The van der Waals surface area contributed by atoms with Crippen LogP contribution in [0.15, 0.2) is 30.3 Å². The molecule has 0 aliphatic carbocycles. The van der Waals surface area contributed by atoms with E-state index in [1.807, 2.05) is 30.3 Å². The van der Waals surface area contributed by atoms with Crippen molar-refractivity contribution in [3.8, 4) is 11.4 Å². The molecule has 0 fully saturated rings. The van der Waals surface area contributed by atoms with Crippen molar-refractivity contribution in [1.29, 1.82) is 0 Å². The highest BCUT2D eigenvalue weighted by atomic mass is 32.1. The van der Waals surface area contributed by atoms with Gasteiger partial charge in [0.25, 0.3) is 0 Å². The number of aromatic nitrogens is 4. The topological polar surface area (TPSA) is 81.1 Å². The summed E-state index contributed by atoms with van der Waals surface area (Å²) in [4.78, 5) is 0.715. The van der Waals surface area contributed by atoms with Crippen molar-refractivity contribution in [3.63, 3.8) is 0 Å². The molecule has 0 saturated heterocycles. The second-order valence-corrected chi connectivity index (χ2v) is 4.09. The van der Waals surface area contributed by atoms with E-state index in [0.717, 1.165) is 5.56 Å². The SMILES string of the molecule is NNc1nn2c(-c3ccccc3)nnc2s1. The number of hydrazine groups is 1. The van der Waals surface area contributed by atoms with Gasteiger partial charge in [-0.2, -0.15) is 4.52 Å². The Balaban J connectivity index is 2.20. The molecule has 0 bridgehead atoms. The van der Waals surface area contributed by atoms with Gasteiger partial charge in [0.15, 0.2) is 5.82 Å². The van der Waals surface area contributed by atoms with Gasteiger partial charge in [-0.1, -0.05) is 41.7 Å². The van der Waals surface area contributed by atoms with Crippen LogP contribution >= 0.6 is 11.3 Å². The summed E-state index contributed by atoms with van der Waals surface area (Å²) in [6.45, 7) is 0. The molecule has 3 rings (SSSR count). The van der Waals surface area contributed by atoms with E-state index in [9.17, 15) is 0 Å². The van der Waals surface area contributed by atoms with Crippen molar-refractivity contribution < 1.29 is 0 Å². The number of nitrogen functional groups attached to an aromatic ring is 1. The maximum atomic E-state index is 5.30. The van der Waals surface area contributed by atoms with Gasteiger partial charge in [0.1, 0.15) is 0 Å². The molecule has 1 aromatic carbocycles. The Morgan fingerprint density at radius 3 is 2.75 bits per heavy atom. The van der Waals surface area contributed by atoms with E-state index in [4.69, 9.17) is 5.84 Å². The van der Waals surface area contributed by atoms with Crippen molar-refractivity contribution in [2.75, 3.05) is 5.43 Å². The lowest BCUT2D eigenvalue weighted by Gasteiger charge is -1.95. The van der Waals surface area contributed by atoms with Gasteiger partial charge in [0.2, 0.25) is 10.1 Å². The molecule has 3 N–H and O–H groups in total. The molecule has 0 saturated carbocycles. The molecule has 2 aromatic heterocycles. The lowest BCUT2D eigenvalue weighted by Crippen LogP contribution is -2.06. The number of nitrogens with one attached hydrogen (secondary N) is 1. The van der Waals surface area contributed by atoms with Gasteiger partial charge in [0, 0.05) is 5.56 Å². The maximum Gasteiger partial charge on any atom is 0.236 e. The zero-order valence-corrected chi connectivity index (χ0v) is 8.98. The van der Waals surface area contributed by atoms with E-state index < -0.39 is 0 Å². The summed E-state index contributed by atoms with van der Waals surface area (Å²) >= 11 is 1.35. The number of rotatable bonds is 2. The summed E-state index contributed by atoms with van der Waals surface area (Å²) in [5, 5.41) is 13.0. The number of hydrogen-bond acceptors (Lipinski definition) is 6. The third-order valence-corrected chi connectivity index (χ3v) is 2.98. The summed E-state index contributed by atoms with van der Waals surface area (Å²) < 4.78 is 1.68. The van der Waals surface area contributed by atoms with E-state index in [2.05, 4.69) is 20.7 Å². The predicted molar refractivity (Wildman–Crippen MR) is 61.9 cm³/mol. The quantitative estimate of drug-likeness (QED) is 0.511. The molecule has 0 amide bonds. The van der Waals surface area contributed by atoms with Gasteiger partial charge in [-0.3, -0.25) is 5.43 Å². The molecule has 2 heterocycles. The predicted octanol–water partition coefficient (Wildman–Crippen LogP) is 1.14. The molecule has 0 atom stereocenters. The number of benzene rings is 1. The second-order valence-electron chi connectivity index (χ2n) is 3.14. The van der Waals surface area contributed by atoms with E-state index in [-0.39, 0.29) is 0 Å². The Bertz CT molecular complexity index is 613. The van der Waals surface area contributed by atoms with Crippen molar-refractivity contribution in [2.24, 2.45) is 5.84 Å². The fourth-order valence-electron chi connectivity index (χ4n) is 1.44. The van der Waals surface area contributed by atoms with Crippen LogP contribution in [0.3, 0.4) is 0 Å². The molecule has 0 spiro atoms. The van der Waals surface area contributed by atoms with Crippen molar-refractivity contribution in [3.05, 3.63) is 30.3 Å². The molecular weight excluding hydrogens is 224 g/mol. The first kappa shape index (κ1) is 9.25. The van der Waals surface area contributed by atoms with Crippen LogP contribution in [0.2, 0.25) is 0 Å². The molecule has 0 aliphatic rings. The molecule has 3 aromatic rings. The Kier molecular flexibility index (Phi) is 2.05. The molecule has 6 nitrogen and oxygen atoms in total. The zero-order valence-electron chi connectivity index (χ0n) is 8.16. The largest absolute Gasteiger partial charge is 0.298 e. The van der Waals surface area contributed by atoms with E-state index >= 15 is 0 Å². The minimum absolute atomic E-state index is 0.613. The smallest absolute Gasteiger partial charge is 0.236 e. The molecular formula is C9H8N6S. The number of nitrogens with two attached hydrogens (primary N) is 1. The Labute approximate surface area is 94.7 Å². The van der Waals surface area contributed by atoms with Crippen molar-refractivity contribution >= 4 is 21.4 Å². The van der Waals surface area contributed by atoms with Gasteiger partial charge in [0.05, 0.1) is 0 Å². The Morgan fingerprint density at radius 1 is 1.19 bits per heavy atom. The lowest BCUT2D eigenvalue weighted by atomic mass is 10.2. The van der Waals surface area contributed by atoms with E-state index in [1.165, 1.54) is 11.3 Å². The first-order chi connectivity index (χ1) is 7.88. The van der Waals surface area contributed by atoms with Crippen LogP contribution in [-0.4, -0.2) is 19.8 Å². The lowest BCUT2D eigenvalue weighted by molar-refractivity contribution is 0.963. The standard InChI is InChI=1S/C9H8N6S/c10-11-8-14-15-7(12-13-9(15)16-8)6-4-2-1-3-5-6/h1-5H,10H2,(H,11,14). The van der Waals surface area contributed by atoms with E-state index in [1.54, 1.807) is 4.52 Å². The van der Waals surface area contributed by atoms with Crippen molar-refractivity contribution in [2.45, 2.75) is 0 Å². The van der Waals surface area contributed by atoms with Crippen LogP contribution in [0, 0.1) is 0 Å². The summed E-state index contributed by atoms with van der Waals surface area (Å²) in [7, 11) is 0. The van der Waals surface area contributed by atoms with Gasteiger partial charge in [-0.15, -0.1) is 15.3 Å². The monoisotopic (exact) mass is 232 g/mol. The van der Waals surface area contributed by atoms with Gasteiger partial charge >= 0.3 is 0 Å². The summed E-state index contributed by atoms with van der Waals surface area (Å²) in [5.41, 5.74) is 3.48. The Hall–Kier alpha value is -1.99. The average Bonchev–Trinajstić information content (AvgIpc) is 2.88. The molecule has 80 valence electrons. The van der Waals surface area contributed by atoms with Gasteiger partial charge in [-0.05, 0) is 0 Å². The maximum absolute atomic E-state index is 5.30. The summed E-state index contributed by atoms with van der Waals surface area (Å²) in [5.74, 6) is 6.01. The number of fused-ring (bicyclic) bond motifs is 1. The van der Waals surface area contributed by atoms with Crippen LogP contribution in [0.4, 0.5) is 5.13 Å². The molecule has 7 heteroatoms. The molecule has 0 unspecified atom stereocenters. The highest BCUT2D eigenvalue weighted by Gasteiger charge is 2.11. The second kappa shape index (κ2) is 3.54. The zero-order chi connectivity index (χ0) is 11.0. The number of anilines is 1. The van der Waals surface area contributed by atoms with Crippen LogP contribution < -0.4 is 11.3 Å². The number of nitrogens with zero attached hydrogens (tertiary/aromatic N) is 4. The van der Waals surface area contributed by atoms with Crippen LogP contribution in [0.5, 0.6) is 0 Å². The van der Waals surface area contributed by atoms with Gasteiger partial charge in [-0.25, -0.2) is 5.84 Å². The molecule has 0 radical (unpaired) electrons. The summed E-state index contributed by atoms with van der Waals surface area (Å²) in [6, 6.07) is 9.78. The van der Waals surface area contributed by atoms with Crippen LogP contribution in [0.1, 0.15) is 0 Å². The average molecular weight is 232 g/mol. The van der Waals surface area contributed by atoms with Crippen molar-refractivity contribution in [1.82, 2.24) is 19.8 Å². The molecule has 0 aliphatic heterocycles. The number of hydrogen-bond donors (Lipinski definition) is 2. The van der Waals surface area contributed by atoms with Crippen LogP contribution in [-0.2, 0) is 0 Å². The third-order valence-electron chi connectivity index (χ3n) is 2.15. The van der Waals surface area contributed by atoms with Gasteiger partial charge < -0.3 is 0 Å². The summed E-state index contributed by atoms with van der Waals surface area (Å²) in [6.07, 6.45) is 0. The highest BCUT2D eigenvalue weighted by molar-refractivity contribution is 7.20. The minimum atomic E-state index is 0.613. The fraction of sp³-hybridized carbons (Fsp3) is 0. The fourth-order valence-corrected chi connectivity index (χ4v) is 2.09.